The first kappa shape index (κ1) is 13.8. The molecule has 20 heavy (non-hydrogen) atoms. The molecule has 0 bridgehead atoms. The van der Waals surface area contributed by atoms with Gasteiger partial charge in [0.25, 0.3) is 5.69 Å². The van der Waals surface area contributed by atoms with Crippen LogP contribution >= 0.6 is 0 Å². The molecule has 1 aromatic carbocycles. The van der Waals surface area contributed by atoms with E-state index in [1.807, 2.05) is 0 Å². The number of aromatic nitrogens is 1. The fourth-order valence-corrected chi connectivity index (χ4v) is 1.86. The molecule has 1 aromatic heterocycles. The lowest BCUT2D eigenvalue weighted by Gasteiger charge is -2.08. The third-order valence-corrected chi connectivity index (χ3v) is 2.81. The van der Waals surface area contributed by atoms with Gasteiger partial charge in [0.2, 0.25) is 0 Å². The molecular weight excluding hydrogens is 260 g/mol. The van der Waals surface area contributed by atoms with Crippen LogP contribution in [0.2, 0.25) is 0 Å². The van der Waals surface area contributed by atoms with E-state index in [4.69, 9.17) is 4.74 Å². The number of nitrogens with zero attached hydrogens (tertiary/aromatic N) is 2. The van der Waals surface area contributed by atoms with Crippen molar-refractivity contribution in [3.05, 3.63) is 64.0 Å². The number of carbonyl (C=O) groups is 1. The lowest BCUT2D eigenvalue weighted by atomic mass is 10.2. The Morgan fingerprint density at radius 3 is 2.60 bits per heavy atom. The van der Waals surface area contributed by atoms with Gasteiger partial charge in [0, 0.05) is 24.9 Å². The highest BCUT2D eigenvalue weighted by Gasteiger charge is 2.12. The smallest absolute Gasteiger partial charge is 0.354 e. The fourth-order valence-electron chi connectivity index (χ4n) is 1.86. The summed E-state index contributed by atoms with van der Waals surface area (Å²) >= 11 is 0. The van der Waals surface area contributed by atoms with Crippen LogP contribution < -0.4 is 0 Å². The fraction of sp³-hybridized carbons (Fsp3) is 0.214. The number of nitro benzene ring substituents is 1. The summed E-state index contributed by atoms with van der Waals surface area (Å²) in [6, 6.07) is 9.69. The number of benzene rings is 1. The summed E-state index contributed by atoms with van der Waals surface area (Å²) in [5.74, 6) is -0.376. The van der Waals surface area contributed by atoms with Crippen LogP contribution in [0.15, 0.2) is 42.6 Å². The molecule has 0 aliphatic carbocycles. The molecule has 0 aliphatic heterocycles. The summed E-state index contributed by atoms with van der Waals surface area (Å²) in [5.41, 5.74) is 1.38. The Morgan fingerprint density at radius 2 is 2.00 bits per heavy atom. The topological polar surface area (TPSA) is 74.4 Å². The third-order valence-electron chi connectivity index (χ3n) is 2.81. The van der Waals surface area contributed by atoms with E-state index in [1.165, 1.54) is 12.1 Å². The van der Waals surface area contributed by atoms with E-state index >= 15 is 0 Å². The molecule has 6 nitrogen and oxygen atoms in total. The molecule has 0 N–H and O–H groups in total. The lowest BCUT2D eigenvalue weighted by molar-refractivity contribution is -0.384. The second-order valence-electron chi connectivity index (χ2n) is 4.17. The molecule has 0 unspecified atom stereocenters. The quantitative estimate of drug-likeness (QED) is 0.477. The molecule has 0 radical (unpaired) electrons. The molecule has 0 spiro atoms. The summed E-state index contributed by atoms with van der Waals surface area (Å²) in [7, 11) is 0. The Balaban J connectivity index is 2.16. The van der Waals surface area contributed by atoms with Gasteiger partial charge < -0.3 is 9.30 Å². The number of non-ortho nitro benzene ring substituents is 1. The van der Waals surface area contributed by atoms with Crippen LogP contribution in [0.3, 0.4) is 0 Å². The standard InChI is InChI=1S/C14H14N2O4/c1-2-20-14(17)13-4-3-9-15(13)10-11-5-7-12(8-6-11)16(18)19/h3-9H,2,10H2,1H3. The largest absolute Gasteiger partial charge is 0.461 e. The van der Waals surface area contributed by atoms with E-state index in [9.17, 15) is 14.9 Å². The molecule has 0 fully saturated rings. The predicted octanol–water partition coefficient (Wildman–Crippen LogP) is 2.62. The van der Waals surface area contributed by atoms with Crippen molar-refractivity contribution >= 4 is 11.7 Å². The first-order valence-electron chi connectivity index (χ1n) is 6.17. The lowest BCUT2D eigenvalue weighted by Crippen LogP contribution is -2.12. The van der Waals surface area contributed by atoms with Crippen molar-refractivity contribution in [2.45, 2.75) is 13.5 Å². The van der Waals surface area contributed by atoms with Crippen LogP contribution in [0.5, 0.6) is 0 Å². The maximum atomic E-state index is 11.7. The van der Waals surface area contributed by atoms with Gasteiger partial charge in [0.05, 0.1) is 11.5 Å². The number of rotatable bonds is 5. The Hall–Kier alpha value is -2.63. The van der Waals surface area contributed by atoms with Crippen molar-refractivity contribution < 1.29 is 14.5 Å². The Morgan fingerprint density at radius 1 is 1.30 bits per heavy atom. The Kier molecular flexibility index (Phi) is 4.14. The SMILES string of the molecule is CCOC(=O)c1cccn1Cc1ccc([N+](=O)[O-])cc1. The van der Waals surface area contributed by atoms with Crippen molar-refractivity contribution in [2.24, 2.45) is 0 Å². The van der Waals surface area contributed by atoms with Gasteiger partial charge in [-0.05, 0) is 24.6 Å². The molecule has 0 amide bonds. The Labute approximate surface area is 115 Å². The third kappa shape index (κ3) is 3.03. The van der Waals surface area contributed by atoms with E-state index in [0.717, 1.165) is 5.56 Å². The predicted molar refractivity (Wildman–Crippen MR) is 72.6 cm³/mol. The van der Waals surface area contributed by atoms with Crippen molar-refractivity contribution in [3.8, 4) is 0 Å². The van der Waals surface area contributed by atoms with Gasteiger partial charge in [-0.25, -0.2) is 4.79 Å². The van der Waals surface area contributed by atoms with Crippen molar-refractivity contribution in [3.63, 3.8) is 0 Å². The summed E-state index contributed by atoms with van der Waals surface area (Å²) in [5, 5.41) is 10.6. The van der Waals surface area contributed by atoms with Crippen LogP contribution in [0.1, 0.15) is 23.0 Å². The van der Waals surface area contributed by atoms with Gasteiger partial charge >= 0.3 is 5.97 Å². The Bertz CT molecular complexity index is 616. The average Bonchev–Trinajstić information content (AvgIpc) is 2.88. The first-order chi connectivity index (χ1) is 9.61. The zero-order valence-corrected chi connectivity index (χ0v) is 11.0. The summed E-state index contributed by atoms with van der Waals surface area (Å²) in [6.07, 6.45) is 1.77. The number of hydrogen-bond acceptors (Lipinski definition) is 4. The monoisotopic (exact) mass is 274 g/mol. The van der Waals surface area contributed by atoms with Gasteiger partial charge in [0.15, 0.2) is 0 Å². The van der Waals surface area contributed by atoms with Crippen LogP contribution in [0.4, 0.5) is 5.69 Å². The second-order valence-corrected chi connectivity index (χ2v) is 4.17. The molecule has 1 heterocycles. The van der Waals surface area contributed by atoms with Crippen molar-refractivity contribution in [1.82, 2.24) is 4.57 Å². The van der Waals surface area contributed by atoms with Crippen LogP contribution in [0, 0.1) is 10.1 Å². The van der Waals surface area contributed by atoms with Gasteiger partial charge in [-0.1, -0.05) is 12.1 Å². The summed E-state index contributed by atoms with van der Waals surface area (Å²) in [6.45, 7) is 2.53. The van der Waals surface area contributed by atoms with E-state index < -0.39 is 4.92 Å². The molecule has 104 valence electrons. The minimum absolute atomic E-state index is 0.0480. The molecule has 2 aromatic rings. The van der Waals surface area contributed by atoms with Gasteiger partial charge in [-0.15, -0.1) is 0 Å². The molecule has 0 saturated heterocycles. The zero-order valence-electron chi connectivity index (χ0n) is 11.0. The van der Waals surface area contributed by atoms with Gasteiger partial charge in [-0.2, -0.15) is 0 Å². The van der Waals surface area contributed by atoms with E-state index in [1.54, 1.807) is 42.0 Å². The zero-order chi connectivity index (χ0) is 14.5. The van der Waals surface area contributed by atoms with Crippen molar-refractivity contribution in [2.75, 3.05) is 6.61 Å². The maximum absolute atomic E-state index is 11.7. The highest BCUT2D eigenvalue weighted by atomic mass is 16.6. The highest BCUT2D eigenvalue weighted by Crippen LogP contribution is 2.14. The minimum atomic E-state index is -0.441. The minimum Gasteiger partial charge on any atom is -0.461 e. The molecule has 6 heteroatoms. The molecular formula is C14H14N2O4. The maximum Gasteiger partial charge on any atom is 0.354 e. The normalized spacial score (nSPS) is 10.2. The molecule has 2 rings (SSSR count). The number of carbonyl (C=O) groups excluding carboxylic acids is 1. The number of hydrogen-bond donors (Lipinski definition) is 0. The average molecular weight is 274 g/mol. The molecule has 0 saturated carbocycles. The van der Waals surface area contributed by atoms with Crippen LogP contribution in [-0.2, 0) is 11.3 Å². The number of esters is 1. The number of nitro groups is 1. The molecule has 0 atom stereocenters. The van der Waals surface area contributed by atoms with Crippen LogP contribution in [-0.4, -0.2) is 22.1 Å². The molecule has 0 aliphatic rings. The number of ether oxygens (including phenoxy) is 1. The van der Waals surface area contributed by atoms with Gasteiger partial charge in [-0.3, -0.25) is 10.1 Å². The first-order valence-corrected chi connectivity index (χ1v) is 6.17. The van der Waals surface area contributed by atoms with Crippen LogP contribution in [0.25, 0.3) is 0 Å². The van der Waals surface area contributed by atoms with Gasteiger partial charge in [0.1, 0.15) is 5.69 Å². The highest BCUT2D eigenvalue weighted by molar-refractivity contribution is 5.87. The van der Waals surface area contributed by atoms with E-state index in [2.05, 4.69) is 0 Å². The second kappa shape index (κ2) is 6.01. The van der Waals surface area contributed by atoms with E-state index in [0.29, 0.717) is 18.8 Å². The van der Waals surface area contributed by atoms with E-state index in [-0.39, 0.29) is 11.7 Å². The van der Waals surface area contributed by atoms with Crippen molar-refractivity contribution in [1.29, 1.82) is 0 Å². The summed E-state index contributed by atoms with van der Waals surface area (Å²) < 4.78 is 6.72. The summed E-state index contributed by atoms with van der Waals surface area (Å²) in [4.78, 5) is 21.9.